The van der Waals surface area contributed by atoms with Gasteiger partial charge in [0.2, 0.25) is 0 Å². The molecule has 8 heteroatoms. The zero-order chi connectivity index (χ0) is 39.0. The predicted molar refractivity (Wildman–Crippen MR) is 229 cm³/mol. The molecule has 5 nitrogen and oxygen atoms in total. The number of phenols is 2. The molecular weight excluding hydrogens is 745 g/mol. The maximum Gasteiger partial charge on any atom is 0.309 e. The van der Waals surface area contributed by atoms with Crippen LogP contribution in [-0.4, -0.2) is 46.8 Å². The highest BCUT2D eigenvalue weighted by atomic mass is 35.5. The Morgan fingerprint density at radius 3 is 2.33 bits per heavy atom. The number of aromatic hydroxyl groups is 2. The number of benzene rings is 3. The highest BCUT2D eigenvalue weighted by Gasteiger charge is 2.67. The first-order chi connectivity index (χ1) is 25.4. The minimum atomic E-state index is -0.641. The van der Waals surface area contributed by atoms with E-state index in [1.165, 1.54) is 37.6 Å². The van der Waals surface area contributed by atoms with Crippen molar-refractivity contribution in [3.8, 4) is 11.5 Å². The van der Waals surface area contributed by atoms with Crippen molar-refractivity contribution in [3.63, 3.8) is 0 Å². The van der Waals surface area contributed by atoms with Crippen molar-refractivity contribution in [3.05, 3.63) is 99.1 Å². The van der Waals surface area contributed by atoms with Crippen molar-refractivity contribution in [2.75, 3.05) is 20.6 Å². The summed E-state index contributed by atoms with van der Waals surface area (Å²) in [7, 11) is 4.21. The van der Waals surface area contributed by atoms with Crippen LogP contribution < -0.4 is 0 Å². The van der Waals surface area contributed by atoms with Gasteiger partial charge in [0, 0.05) is 26.8 Å². The number of carbonyl (C=O) groups is 1. The molecule has 3 aromatic carbocycles. The van der Waals surface area contributed by atoms with Gasteiger partial charge in [0.1, 0.15) is 0 Å². The van der Waals surface area contributed by atoms with Crippen molar-refractivity contribution in [1.82, 2.24) is 4.90 Å². The van der Waals surface area contributed by atoms with E-state index < -0.39 is 11.4 Å². The summed E-state index contributed by atoms with van der Waals surface area (Å²) in [5, 5.41) is 31.7. The van der Waals surface area contributed by atoms with Crippen molar-refractivity contribution in [1.29, 1.82) is 0 Å². The molecule has 3 fully saturated rings. The first-order valence-electron chi connectivity index (χ1n) is 19.8. The maximum absolute atomic E-state index is 12.3. The summed E-state index contributed by atoms with van der Waals surface area (Å²) in [4.78, 5) is 17.1. The molecule has 4 aliphatic carbocycles. The van der Waals surface area contributed by atoms with Gasteiger partial charge in [-0.2, -0.15) is 0 Å². The molecule has 3 aromatic rings. The maximum atomic E-state index is 12.3. The van der Waals surface area contributed by atoms with E-state index in [4.69, 9.17) is 11.6 Å². The van der Waals surface area contributed by atoms with E-state index >= 15 is 0 Å². The molecular formula is C47H59Cl2NO4S. The molecule has 1 heterocycles. The molecule has 5 aliphatic rings. The van der Waals surface area contributed by atoms with Crippen molar-refractivity contribution in [2.24, 2.45) is 27.6 Å². The Morgan fingerprint density at radius 1 is 0.927 bits per heavy atom. The van der Waals surface area contributed by atoms with Crippen molar-refractivity contribution >= 4 is 47.3 Å². The Hall–Kier alpha value is -2.90. The number of allylic oxidation sites excluding steroid dienone is 2. The van der Waals surface area contributed by atoms with Crippen LogP contribution in [0.15, 0.2) is 76.0 Å². The van der Waals surface area contributed by atoms with Crippen LogP contribution in [0, 0.1) is 34.5 Å². The Bertz CT molecular complexity index is 2080. The molecule has 0 amide bonds. The van der Waals surface area contributed by atoms with Gasteiger partial charge in [0.25, 0.3) is 0 Å². The number of carboxylic acids is 1. The first kappa shape index (κ1) is 41.7. The molecule has 0 spiro atoms. The predicted octanol–water partition coefficient (Wildman–Crippen LogP) is 12.3. The van der Waals surface area contributed by atoms with Crippen LogP contribution in [0.1, 0.15) is 114 Å². The lowest BCUT2D eigenvalue weighted by molar-refractivity contribution is -0.177. The van der Waals surface area contributed by atoms with Crippen LogP contribution in [0.4, 0.5) is 0 Å². The van der Waals surface area contributed by atoms with Gasteiger partial charge < -0.3 is 20.2 Å². The molecule has 0 saturated heterocycles. The number of phenolic OH excluding ortho intramolecular Hbond substituents is 2. The van der Waals surface area contributed by atoms with Crippen LogP contribution >= 0.6 is 35.8 Å². The van der Waals surface area contributed by atoms with Gasteiger partial charge in [-0.15, -0.1) is 12.4 Å². The smallest absolute Gasteiger partial charge is 0.309 e. The fraction of sp³-hybridized carbons (Fsp3) is 0.511. The Kier molecular flexibility index (Phi) is 11.2. The average Bonchev–Trinajstić information content (AvgIpc) is 3.13. The first-order valence-corrected chi connectivity index (χ1v) is 21.0. The fourth-order valence-corrected chi connectivity index (χ4v) is 12.7. The number of nitrogens with zero attached hydrogens (tertiary/aromatic N) is 1. The van der Waals surface area contributed by atoms with E-state index in [2.05, 4.69) is 95.2 Å². The number of fused-ring (bicyclic) bond motifs is 9. The number of hydrogen-bond donors (Lipinski definition) is 3. The highest BCUT2D eigenvalue weighted by molar-refractivity contribution is 7.99. The average molecular weight is 805 g/mol. The number of aliphatic carboxylic acids is 1. The van der Waals surface area contributed by atoms with Gasteiger partial charge in [-0.1, -0.05) is 87.0 Å². The van der Waals surface area contributed by atoms with E-state index in [0.717, 1.165) is 80.5 Å². The van der Waals surface area contributed by atoms with E-state index in [-0.39, 0.29) is 45.6 Å². The molecule has 3 saturated carbocycles. The second-order valence-corrected chi connectivity index (χ2v) is 20.0. The SMILES string of the molecule is CN(C)CCC=C1c2ccccc2Sc2ccc(Cl)cc21.Cc1c(O)c(O)cc2c1CC=C1C2(C)CCC2(C)C3CC(C)(C(=O)O)CCC3(C)CCC12C.Cl. The van der Waals surface area contributed by atoms with E-state index in [1.807, 2.05) is 37.7 Å². The number of hydrogen-bond acceptors (Lipinski definition) is 5. The lowest BCUT2D eigenvalue weighted by Gasteiger charge is -2.69. The Labute approximate surface area is 344 Å². The normalized spacial score (nSPS) is 32.2. The van der Waals surface area contributed by atoms with Gasteiger partial charge >= 0.3 is 5.97 Å². The molecule has 3 N–H and O–H groups in total. The molecule has 6 unspecified atom stereocenters. The summed E-state index contributed by atoms with van der Waals surface area (Å²) in [6.07, 6.45) is 13.4. The zero-order valence-corrected chi connectivity index (χ0v) is 36.2. The summed E-state index contributed by atoms with van der Waals surface area (Å²) in [5.41, 5.74) is 7.88. The molecule has 296 valence electrons. The standard InChI is InChI=1S/C29H40O4.C18H18ClNS.ClH/c1-17-18-7-8-21-27(4,19(18)15-20(30)23(17)31)12-14-29(6)22-16-26(3,24(32)33)10-9-25(22,2)11-13-28(21,29)5;1-20(2)11-5-7-14-15-6-3-4-8-17(15)21-18-10-9-13(19)12-16(14)18;/h8,15,22,30-31H,7,9-14,16H2,1-6H3,(H,32,33);3-4,6-10,12H,5,11H2,1-2H3;1H. The van der Waals surface area contributed by atoms with Crippen LogP contribution in [0.5, 0.6) is 11.5 Å². The third-order valence-corrected chi connectivity index (χ3v) is 16.5. The zero-order valence-electron chi connectivity index (χ0n) is 33.8. The minimum absolute atomic E-state index is 0. The molecule has 0 radical (unpaired) electrons. The van der Waals surface area contributed by atoms with Crippen LogP contribution in [0.25, 0.3) is 5.57 Å². The van der Waals surface area contributed by atoms with E-state index in [0.29, 0.717) is 5.92 Å². The molecule has 6 atom stereocenters. The monoisotopic (exact) mass is 803 g/mol. The topological polar surface area (TPSA) is 81.0 Å². The van der Waals surface area contributed by atoms with Gasteiger partial charge in [-0.25, -0.2) is 0 Å². The fourth-order valence-electron chi connectivity index (χ4n) is 11.4. The lowest BCUT2D eigenvalue weighted by atomic mass is 9.34. The van der Waals surface area contributed by atoms with Crippen LogP contribution in [0.3, 0.4) is 0 Å². The Balaban J connectivity index is 0.000000202. The van der Waals surface area contributed by atoms with Gasteiger partial charge in [-0.05, 0) is 172 Å². The Morgan fingerprint density at radius 2 is 1.62 bits per heavy atom. The van der Waals surface area contributed by atoms with Crippen LogP contribution in [0.2, 0.25) is 5.02 Å². The van der Waals surface area contributed by atoms with E-state index in [1.54, 1.807) is 0 Å². The summed E-state index contributed by atoms with van der Waals surface area (Å²) in [6, 6.07) is 16.6. The number of halogens is 2. The third-order valence-electron chi connectivity index (χ3n) is 15.1. The molecule has 1 aliphatic heterocycles. The second kappa shape index (κ2) is 14.8. The summed E-state index contributed by atoms with van der Waals surface area (Å²) in [5.74, 6) is -0.282. The second-order valence-electron chi connectivity index (χ2n) is 18.5. The van der Waals surface area contributed by atoms with Gasteiger partial charge in [-0.3, -0.25) is 4.79 Å². The van der Waals surface area contributed by atoms with E-state index in [9.17, 15) is 20.1 Å². The largest absolute Gasteiger partial charge is 0.504 e. The third kappa shape index (κ3) is 6.75. The summed E-state index contributed by atoms with van der Waals surface area (Å²) < 4.78 is 0. The van der Waals surface area contributed by atoms with Gasteiger partial charge in [0.15, 0.2) is 11.5 Å². The molecule has 0 aromatic heterocycles. The lowest BCUT2D eigenvalue weighted by Crippen LogP contribution is -2.62. The number of rotatable bonds is 4. The number of carboxylic acid groups (broad SMARTS) is 1. The molecule has 55 heavy (non-hydrogen) atoms. The molecule has 8 rings (SSSR count). The minimum Gasteiger partial charge on any atom is -0.504 e. The van der Waals surface area contributed by atoms with Crippen molar-refractivity contribution in [2.45, 2.75) is 115 Å². The summed E-state index contributed by atoms with van der Waals surface area (Å²) in [6.45, 7) is 14.6. The summed E-state index contributed by atoms with van der Waals surface area (Å²) >= 11 is 8.03. The van der Waals surface area contributed by atoms with Crippen LogP contribution in [-0.2, 0) is 16.6 Å². The van der Waals surface area contributed by atoms with Gasteiger partial charge in [0.05, 0.1) is 5.41 Å². The molecule has 0 bridgehead atoms. The highest BCUT2D eigenvalue weighted by Crippen LogP contribution is 2.74. The van der Waals surface area contributed by atoms with Crippen molar-refractivity contribution < 1.29 is 20.1 Å². The quantitative estimate of drug-likeness (QED) is 0.141.